The van der Waals surface area contributed by atoms with Crippen LogP contribution in [0.3, 0.4) is 0 Å². The van der Waals surface area contributed by atoms with Gasteiger partial charge >= 0.3 is 5.97 Å². The molecule has 0 aliphatic heterocycles. The molecule has 0 saturated carbocycles. The molecule has 1 unspecified atom stereocenters. The first-order valence-electron chi connectivity index (χ1n) is 8.91. The minimum atomic E-state index is -0.655. The molecule has 2 aromatic rings. The van der Waals surface area contributed by atoms with Crippen molar-refractivity contribution >= 4 is 17.6 Å². The lowest BCUT2D eigenvalue weighted by atomic mass is 10.1. The first kappa shape index (κ1) is 19.5. The minimum Gasteiger partial charge on any atom is -0.481 e. The maximum absolute atomic E-state index is 12.6. The monoisotopic (exact) mass is 355 g/mol. The Morgan fingerprint density at radius 3 is 2.31 bits per heavy atom. The second-order valence-electron chi connectivity index (χ2n) is 5.77. The third-order valence-corrected chi connectivity index (χ3v) is 3.95. The summed E-state index contributed by atoms with van der Waals surface area (Å²) in [7, 11) is 0. The van der Waals surface area contributed by atoms with Gasteiger partial charge in [-0.2, -0.15) is 0 Å². The molecule has 0 fully saturated rings. The van der Waals surface area contributed by atoms with E-state index in [0.717, 1.165) is 6.42 Å². The summed E-state index contributed by atoms with van der Waals surface area (Å²) in [6.45, 7) is 5.97. The van der Waals surface area contributed by atoms with Crippen molar-refractivity contribution in [2.75, 3.05) is 11.9 Å². The molecule has 2 aromatic carbocycles. The van der Waals surface area contributed by atoms with Gasteiger partial charge in [0.15, 0.2) is 6.10 Å². The number of anilines is 1. The van der Waals surface area contributed by atoms with E-state index in [9.17, 15) is 9.59 Å². The Labute approximate surface area is 154 Å². The number of esters is 1. The van der Waals surface area contributed by atoms with Gasteiger partial charge in [-0.1, -0.05) is 38.1 Å². The van der Waals surface area contributed by atoms with E-state index in [1.165, 1.54) is 5.56 Å². The molecule has 0 aliphatic carbocycles. The summed E-state index contributed by atoms with van der Waals surface area (Å²) in [5.41, 5.74) is 1.95. The lowest BCUT2D eigenvalue weighted by Gasteiger charge is -2.18. The molecule has 0 aromatic heterocycles. The zero-order valence-electron chi connectivity index (χ0n) is 15.5. The van der Waals surface area contributed by atoms with Crippen LogP contribution in [0.4, 0.5) is 5.69 Å². The van der Waals surface area contributed by atoms with Crippen molar-refractivity contribution in [3.8, 4) is 5.75 Å². The van der Waals surface area contributed by atoms with Crippen molar-refractivity contribution in [3.05, 3.63) is 59.7 Å². The molecule has 26 heavy (non-hydrogen) atoms. The molecule has 0 radical (unpaired) electrons. The number of carbonyl (C=O) groups is 2. The van der Waals surface area contributed by atoms with Crippen molar-refractivity contribution < 1.29 is 19.1 Å². The molecule has 0 bridgehead atoms. The highest BCUT2D eigenvalue weighted by Crippen LogP contribution is 2.19. The van der Waals surface area contributed by atoms with E-state index in [1.807, 2.05) is 31.2 Å². The summed E-state index contributed by atoms with van der Waals surface area (Å²) in [5, 5.41) is 2.78. The first-order chi connectivity index (χ1) is 12.6. The van der Waals surface area contributed by atoms with E-state index in [1.54, 1.807) is 31.2 Å². The van der Waals surface area contributed by atoms with Gasteiger partial charge in [0.2, 0.25) is 0 Å². The predicted molar refractivity (Wildman–Crippen MR) is 102 cm³/mol. The summed E-state index contributed by atoms with van der Waals surface area (Å²) in [4.78, 5) is 24.6. The molecule has 138 valence electrons. The summed E-state index contributed by atoms with van der Waals surface area (Å²) in [6, 6.07) is 14.5. The van der Waals surface area contributed by atoms with Gasteiger partial charge < -0.3 is 14.8 Å². The van der Waals surface area contributed by atoms with Crippen LogP contribution in [0.25, 0.3) is 0 Å². The molecule has 0 spiro atoms. The van der Waals surface area contributed by atoms with Crippen molar-refractivity contribution in [2.45, 2.75) is 39.7 Å². The minimum absolute atomic E-state index is 0.273. The molecule has 0 aliphatic rings. The van der Waals surface area contributed by atoms with E-state index in [0.29, 0.717) is 23.4 Å². The number of para-hydroxylation sites is 1. The molecule has 0 saturated heterocycles. The third kappa shape index (κ3) is 5.09. The third-order valence-electron chi connectivity index (χ3n) is 3.95. The summed E-state index contributed by atoms with van der Waals surface area (Å²) >= 11 is 0. The van der Waals surface area contributed by atoms with Crippen LogP contribution in [-0.2, 0) is 16.0 Å². The van der Waals surface area contributed by atoms with E-state index in [4.69, 9.17) is 9.47 Å². The van der Waals surface area contributed by atoms with Gasteiger partial charge in [0.25, 0.3) is 5.91 Å². The van der Waals surface area contributed by atoms with Gasteiger partial charge in [-0.3, -0.25) is 4.79 Å². The van der Waals surface area contributed by atoms with Crippen LogP contribution in [0.1, 0.15) is 43.1 Å². The Morgan fingerprint density at radius 2 is 1.69 bits per heavy atom. The van der Waals surface area contributed by atoms with Crippen molar-refractivity contribution in [2.24, 2.45) is 0 Å². The fraction of sp³-hybridized carbons (Fsp3) is 0.333. The van der Waals surface area contributed by atoms with E-state index < -0.39 is 12.1 Å². The number of hydrogen-bond acceptors (Lipinski definition) is 4. The van der Waals surface area contributed by atoms with Gasteiger partial charge in [-0.25, -0.2) is 4.79 Å². The number of amides is 1. The Bertz CT molecular complexity index is 740. The number of aryl methyl sites for hydroxylation is 1. The topological polar surface area (TPSA) is 64.6 Å². The number of hydrogen-bond donors (Lipinski definition) is 1. The second-order valence-corrected chi connectivity index (χ2v) is 5.77. The highest BCUT2D eigenvalue weighted by atomic mass is 16.5. The average molecular weight is 355 g/mol. The van der Waals surface area contributed by atoms with Crippen molar-refractivity contribution in [1.29, 1.82) is 0 Å². The van der Waals surface area contributed by atoms with Gasteiger partial charge in [-0.15, -0.1) is 0 Å². The highest BCUT2D eigenvalue weighted by Gasteiger charge is 2.21. The van der Waals surface area contributed by atoms with Crippen molar-refractivity contribution in [1.82, 2.24) is 0 Å². The van der Waals surface area contributed by atoms with Crippen LogP contribution in [0.2, 0.25) is 0 Å². The molecule has 2 rings (SSSR count). The van der Waals surface area contributed by atoms with Gasteiger partial charge in [-0.05, 0) is 49.6 Å². The number of rotatable bonds is 8. The van der Waals surface area contributed by atoms with Crippen LogP contribution >= 0.6 is 0 Å². The van der Waals surface area contributed by atoms with E-state index >= 15 is 0 Å². The maximum atomic E-state index is 12.6. The van der Waals surface area contributed by atoms with Crippen LogP contribution in [-0.4, -0.2) is 24.6 Å². The first-order valence-corrected chi connectivity index (χ1v) is 8.91. The summed E-state index contributed by atoms with van der Waals surface area (Å²) in [6.07, 6.45) is 0.795. The normalized spacial score (nSPS) is 11.5. The zero-order valence-corrected chi connectivity index (χ0v) is 15.5. The SMILES string of the molecule is CCOC(=O)c1ccccc1NC(=O)C(CC)Oc1ccc(CC)cc1. The van der Waals surface area contributed by atoms with Crippen LogP contribution in [0.5, 0.6) is 5.75 Å². The van der Waals surface area contributed by atoms with E-state index in [2.05, 4.69) is 12.2 Å². The van der Waals surface area contributed by atoms with E-state index in [-0.39, 0.29) is 12.5 Å². The molecule has 1 atom stereocenters. The fourth-order valence-corrected chi connectivity index (χ4v) is 2.48. The van der Waals surface area contributed by atoms with Gasteiger partial charge in [0, 0.05) is 0 Å². The molecule has 1 N–H and O–H groups in total. The Hall–Kier alpha value is -2.82. The Balaban J connectivity index is 2.10. The molecular weight excluding hydrogens is 330 g/mol. The lowest BCUT2D eigenvalue weighted by molar-refractivity contribution is -0.122. The Morgan fingerprint density at radius 1 is 1.00 bits per heavy atom. The average Bonchev–Trinajstić information content (AvgIpc) is 2.67. The zero-order chi connectivity index (χ0) is 18.9. The fourth-order valence-electron chi connectivity index (χ4n) is 2.48. The molecule has 1 amide bonds. The summed E-state index contributed by atoms with van der Waals surface area (Å²) < 4.78 is 10.8. The largest absolute Gasteiger partial charge is 0.481 e. The number of carbonyl (C=O) groups excluding carboxylic acids is 2. The van der Waals surface area contributed by atoms with Crippen molar-refractivity contribution in [3.63, 3.8) is 0 Å². The van der Waals surface area contributed by atoms with Gasteiger partial charge in [0.05, 0.1) is 17.9 Å². The van der Waals surface area contributed by atoms with Crippen LogP contribution in [0.15, 0.2) is 48.5 Å². The number of benzene rings is 2. The smallest absolute Gasteiger partial charge is 0.340 e. The highest BCUT2D eigenvalue weighted by molar-refractivity contribution is 6.02. The molecule has 5 nitrogen and oxygen atoms in total. The molecule has 5 heteroatoms. The quantitative estimate of drug-likeness (QED) is 0.720. The van der Waals surface area contributed by atoms with Gasteiger partial charge in [0.1, 0.15) is 5.75 Å². The molecular formula is C21H25NO4. The second kappa shape index (κ2) is 9.61. The number of nitrogens with one attached hydrogen (secondary N) is 1. The Kier molecular flexibility index (Phi) is 7.21. The lowest BCUT2D eigenvalue weighted by Crippen LogP contribution is -2.33. The van der Waals surface area contributed by atoms with Crippen LogP contribution in [0, 0.1) is 0 Å². The number of ether oxygens (including phenoxy) is 2. The standard InChI is InChI=1S/C21H25NO4/c1-4-15-11-13-16(14-12-15)26-19(5-2)20(23)22-18-10-8-7-9-17(18)21(24)25-6-3/h7-14,19H,4-6H2,1-3H3,(H,22,23). The van der Waals surface area contributed by atoms with Crippen LogP contribution < -0.4 is 10.1 Å². The predicted octanol–water partition coefficient (Wildman–Crippen LogP) is 4.22. The maximum Gasteiger partial charge on any atom is 0.340 e. The molecule has 0 heterocycles. The summed E-state index contributed by atoms with van der Waals surface area (Å²) in [5.74, 6) is -0.126.